The van der Waals surface area contributed by atoms with Gasteiger partial charge in [0, 0.05) is 11.4 Å². The van der Waals surface area contributed by atoms with Crippen molar-refractivity contribution in [1.82, 2.24) is 5.32 Å². The summed E-state index contributed by atoms with van der Waals surface area (Å²) in [4.78, 5) is 24.9. The molecule has 2 rings (SSSR count). The van der Waals surface area contributed by atoms with Gasteiger partial charge in [-0.2, -0.15) is 0 Å². The van der Waals surface area contributed by atoms with Gasteiger partial charge in [-0.25, -0.2) is 9.59 Å². The highest BCUT2D eigenvalue weighted by molar-refractivity contribution is 5.99. The van der Waals surface area contributed by atoms with Gasteiger partial charge in [-0.1, -0.05) is 43.0 Å². The van der Waals surface area contributed by atoms with E-state index in [1.807, 2.05) is 30.3 Å². The van der Waals surface area contributed by atoms with E-state index in [-0.39, 0.29) is 6.61 Å². The number of hydrogen-bond donors (Lipinski definition) is 1. The third-order valence-electron chi connectivity index (χ3n) is 3.85. The molecule has 1 aliphatic rings. The van der Waals surface area contributed by atoms with Crippen LogP contribution in [-0.4, -0.2) is 25.7 Å². The molecule has 126 valence electrons. The number of benzene rings is 1. The average molecular weight is 327 g/mol. The highest BCUT2D eigenvalue weighted by atomic mass is 16.5. The van der Waals surface area contributed by atoms with Crippen molar-refractivity contribution in [1.29, 1.82) is 0 Å². The molecule has 5 nitrogen and oxygen atoms in total. The first-order valence-electron chi connectivity index (χ1n) is 7.61. The van der Waals surface area contributed by atoms with Crippen molar-refractivity contribution in [2.75, 3.05) is 13.7 Å². The largest absolute Gasteiger partial charge is 0.466 e. The van der Waals surface area contributed by atoms with E-state index in [1.165, 1.54) is 13.2 Å². The van der Waals surface area contributed by atoms with Crippen LogP contribution in [-0.2, 0) is 19.1 Å². The molecule has 24 heavy (non-hydrogen) atoms. The third kappa shape index (κ3) is 3.40. The van der Waals surface area contributed by atoms with E-state index < -0.39 is 17.9 Å². The number of allylic oxidation sites excluding steroid dienone is 2. The second-order valence-corrected chi connectivity index (χ2v) is 5.42. The van der Waals surface area contributed by atoms with Crippen molar-refractivity contribution in [3.8, 4) is 0 Å². The van der Waals surface area contributed by atoms with Gasteiger partial charge < -0.3 is 14.8 Å². The minimum absolute atomic E-state index is 0.105. The van der Waals surface area contributed by atoms with Crippen LogP contribution in [0.2, 0.25) is 0 Å². The smallest absolute Gasteiger partial charge is 0.337 e. The minimum Gasteiger partial charge on any atom is -0.466 e. The van der Waals surface area contributed by atoms with Crippen molar-refractivity contribution in [2.45, 2.75) is 19.8 Å². The number of dihydropyridines is 1. The summed E-state index contributed by atoms with van der Waals surface area (Å²) in [5, 5.41) is 3.08. The van der Waals surface area contributed by atoms with E-state index in [0.717, 1.165) is 5.56 Å². The maximum absolute atomic E-state index is 12.6. The van der Waals surface area contributed by atoms with Gasteiger partial charge in [0.15, 0.2) is 0 Å². The SMILES string of the molecule is C=CCOC(=O)C1=C(C)NC(C)=C(C(=O)OC)C1c1ccccc1. The predicted octanol–water partition coefficient (Wildman–Crippen LogP) is 2.82. The minimum atomic E-state index is -0.544. The van der Waals surface area contributed by atoms with Crippen molar-refractivity contribution >= 4 is 11.9 Å². The number of nitrogens with one attached hydrogen (secondary N) is 1. The molecule has 0 aromatic heterocycles. The summed E-state index contributed by atoms with van der Waals surface area (Å²) in [5.41, 5.74) is 2.94. The highest BCUT2D eigenvalue weighted by Gasteiger charge is 2.37. The van der Waals surface area contributed by atoms with Crippen LogP contribution in [0.5, 0.6) is 0 Å². The second kappa shape index (κ2) is 7.64. The molecule has 0 bridgehead atoms. The molecule has 1 unspecified atom stereocenters. The molecule has 0 saturated carbocycles. The van der Waals surface area contributed by atoms with E-state index in [9.17, 15) is 9.59 Å². The van der Waals surface area contributed by atoms with E-state index in [2.05, 4.69) is 11.9 Å². The van der Waals surface area contributed by atoms with Crippen LogP contribution >= 0.6 is 0 Å². The Morgan fingerprint density at radius 3 is 2.25 bits per heavy atom. The van der Waals surface area contributed by atoms with Gasteiger partial charge in [-0.3, -0.25) is 0 Å². The number of carbonyl (C=O) groups excluding carboxylic acids is 2. The van der Waals surface area contributed by atoms with E-state index in [1.54, 1.807) is 13.8 Å². The van der Waals surface area contributed by atoms with Crippen molar-refractivity contribution < 1.29 is 19.1 Å². The molecule has 0 spiro atoms. The van der Waals surface area contributed by atoms with Crippen LogP contribution in [0.15, 0.2) is 65.5 Å². The van der Waals surface area contributed by atoms with E-state index >= 15 is 0 Å². The summed E-state index contributed by atoms with van der Waals surface area (Å²) in [6.45, 7) is 7.23. The van der Waals surface area contributed by atoms with Crippen LogP contribution < -0.4 is 5.32 Å². The van der Waals surface area contributed by atoms with Gasteiger partial charge in [0.2, 0.25) is 0 Å². The fourth-order valence-corrected chi connectivity index (χ4v) is 2.84. The zero-order valence-electron chi connectivity index (χ0n) is 14.1. The Morgan fingerprint density at radius 2 is 1.71 bits per heavy atom. The number of carbonyl (C=O) groups is 2. The first-order valence-corrected chi connectivity index (χ1v) is 7.61. The number of methoxy groups -OCH3 is 1. The maximum Gasteiger partial charge on any atom is 0.337 e. The molecule has 0 radical (unpaired) electrons. The third-order valence-corrected chi connectivity index (χ3v) is 3.85. The Hall–Kier alpha value is -2.82. The summed E-state index contributed by atoms with van der Waals surface area (Å²) in [6.07, 6.45) is 1.50. The summed E-state index contributed by atoms with van der Waals surface area (Å²) < 4.78 is 10.1. The molecule has 1 atom stereocenters. The molecule has 1 aromatic rings. The monoisotopic (exact) mass is 327 g/mol. The molecule has 0 aliphatic carbocycles. The highest BCUT2D eigenvalue weighted by Crippen LogP contribution is 2.38. The lowest BCUT2D eigenvalue weighted by Crippen LogP contribution is -2.32. The van der Waals surface area contributed by atoms with Gasteiger partial charge in [0.1, 0.15) is 6.61 Å². The molecular weight excluding hydrogens is 306 g/mol. The van der Waals surface area contributed by atoms with E-state index in [4.69, 9.17) is 9.47 Å². The fraction of sp³-hybridized carbons (Fsp3) is 0.263. The van der Waals surface area contributed by atoms with Crippen LogP contribution in [0.25, 0.3) is 0 Å². The topological polar surface area (TPSA) is 64.6 Å². The van der Waals surface area contributed by atoms with Gasteiger partial charge in [-0.15, -0.1) is 0 Å². The molecule has 0 amide bonds. The first-order chi connectivity index (χ1) is 11.5. The number of rotatable bonds is 5. The van der Waals surface area contributed by atoms with Gasteiger partial charge in [0.05, 0.1) is 24.2 Å². The zero-order valence-corrected chi connectivity index (χ0v) is 14.1. The standard InChI is InChI=1S/C19H21NO4/c1-5-11-24-19(22)16-13(3)20-12(2)15(18(21)23-4)17(16)14-9-7-6-8-10-14/h5-10,17,20H,1,11H2,2-4H3. The van der Waals surface area contributed by atoms with Crippen molar-refractivity contribution in [3.05, 3.63) is 71.1 Å². The quantitative estimate of drug-likeness (QED) is 0.665. The lowest BCUT2D eigenvalue weighted by molar-refractivity contribution is -0.138. The molecule has 5 heteroatoms. The average Bonchev–Trinajstić information content (AvgIpc) is 2.59. The van der Waals surface area contributed by atoms with Crippen LogP contribution in [0, 0.1) is 0 Å². The Kier molecular flexibility index (Phi) is 5.58. The number of esters is 2. The molecule has 1 heterocycles. The molecule has 1 N–H and O–H groups in total. The van der Waals surface area contributed by atoms with E-state index in [0.29, 0.717) is 22.5 Å². The molecule has 0 fully saturated rings. The lowest BCUT2D eigenvalue weighted by atomic mass is 9.80. The fourth-order valence-electron chi connectivity index (χ4n) is 2.84. The summed E-state index contributed by atoms with van der Waals surface area (Å²) in [6, 6.07) is 9.36. The molecule has 1 aromatic carbocycles. The van der Waals surface area contributed by atoms with Crippen LogP contribution in [0.3, 0.4) is 0 Å². The summed E-state index contributed by atoms with van der Waals surface area (Å²) >= 11 is 0. The van der Waals surface area contributed by atoms with Gasteiger partial charge >= 0.3 is 11.9 Å². The van der Waals surface area contributed by atoms with Gasteiger partial charge in [0.25, 0.3) is 0 Å². The summed E-state index contributed by atoms with van der Waals surface area (Å²) in [7, 11) is 1.32. The Labute approximate surface area is 141 Å². The molecule has 1 aliphatic heterocycles. The number of hydrogen-bond acceptors (Lipinski definition) is 5. The Balaban J connectivity index is 2.58. The summed E-state index contributed by atoms with van der Waals surface area (Å²) in [5.74, 6) is -1.50. The maximum atomic E-state index is 12.6. The van der Waals surface area contributed by atoms with Gasteiger partial charge in [-0.05, 0) is 19.4 Å². The Morgan fingerprint density at radius 1 is 1.12 bits per heavy atom. The van der Waals surface area contributed by atoms with Crippen molar-refractivity contribution in [2.24, 2.45) is 0 Å². The molecular formula is C19H21NO4. The van der Waals surface area contributed by atoms with Crippen LogP contribution in [0.1, 0.15) is 25.3 Å². The first kappa shape index (κ1) is 17.5. The zero-order chi connectivity index (χ0) is 17.7. The Bertz CT molecular complexity index is 716. The van der Waals surface area contributed by atoms with Crippen molar-refractivity contribution in [3.63, 3.8) is 0 Å². The lowest BCUT2D eigenvalue weighted by Gasteiger charge is -2.30. The predicted molar refractivity (Wildman–Crippen MR) is 90.9 cm³/mol. The normalized spacial score (nSPS) is 17.2. The van der Waals surface area contributed by atoms with Crippen LogP contribution in [0.4, 0.5) is 0 Å². The number of ether oxygens (including phenoxy) is 2. The molecule has 0 saturated heterocycles. The second-order valence-electron chi connectivity index (χ2n) is 5.42.